The predicted octanol–water partition coefficient (Wildman–Crippen LogP) is 2.55. The van der Waals surface area contributed by atoms with Gasteiger partial charge in [-0.2, -0.15) is 0 Å². The summed E-state index contributed by atoms with van der Waals surface area (Å²) in [7, 11) is -3.74. The van der Waals surface area contributed by atoms with Gasteiger partial charge >= 0.3 is 5.97 Å². The number of aryl methyl sites for hydroxylation is 1. The van der Waals surface area contributed by atoms with Crippen LogP contribution in [0.25, 0.3) is 0 Å². The summed E-state index contributed by atoms with van der Waals surface area (Å²) in [5.74, 6) is -2.08. The summed E-state index contributed by atoms with van der Waals surface area (Å²) < 4.78 is 37.4. The highest BCUT2D eigenvalue weighted by Crippen LogP contribution is 2.41. The van der Waals surface area contributed by atoms with Crippen molar-refractivity contribution in [2.75, 3.05) is 6.61 Å². The van der Waals surface area contributed by atoms with Crippen molar-refractivity contribution in [2.24, 2.45) is 0 Å². The number of non-ortho nitro benzene ring substituents is 1. The van der Waals surface area contributed by atoms with E-state index in [1.54, 1.807) is 49.4 Å². The molecule has 15 heteroatoms. The van der Waals surface area contributed by atoms with Gasteiger partial charge in [0.05, 0.1) is 21.2 Å². The zero-order valence-electron chi connectivity index (χ0n) is 23.6. The van der Waals surface area contributed by atoms with Crippen molar-refractivity contribution in [3.63, 3.8) is 0 Å². The van der Waals surface area contributed by atoms with Crippen molar-refractivity contribution in [2.45, 2.75) is 49.0 Å². The van der Waals surface area contributed by atoms with Gasteiger partial charge in [0.1, 0.15) is 18.6 Å². The molecule has 4 rings (SSSR count). The van der Waals surface area contributed by atoms with E-state index < -0.39 is 61.7 Å². The Labute approximate surface area is 256 Å². The first-order chi connectivity index (χ1) is 20.9. The number of ketones is 1. The van der Waals surface area contributed by atoms with Crippen molar-refractivity contribution in [1.82, 2.24) is 10.2 Å². The van der Waals surface area contributed by atoms with E-state index >= 15 is 0 Å². The Balaban J connectivity index is 1.54. The molecule has 0 bridgehead atoms. The standard InChI is InChI=1S/C29H29N3O10S2/c1-18-8-14-23(15-9-18)44(39,40)43-28-25(30-24(34)17-41-22-6-4-3-5-7-22)27(35)31(28)26(19(2)33)29(36)42-16-20-10-12-21(13-11-20)32(37)38/h3-15,25-28,35H,16-17H2,1-2H3,(H,30,34). The number of nitro benzene ring substituents is 1. The number of esters is 1. The van der Waals surface area contributed by atoms with Crippen LogP contribution in [0, 0.1) is 17.0 Å². The lowest BCUT2D eigenvalue weighted by Gasteiger charge is -2.53. The van der Waals surface area contributed by atoms with E-state index in [-0.39, 0.29) is 17.2 Å². The zero-order chi connectivity index (χ0) is 32.0. The zero-order valence-corrected chi connectivity index (χ0v) is 25.2. The van der Waals surface area contributed by atoms with Crippen LogP contribution in [0.3, 0.4) is 0 Å². The van der Waals surface area contributed by atoms with Crippen LogP contribution in [0.2, 0.25) is 0 Å². The molecule has 0 spiro atoms. The number of amides is 1. The van der Waals surface area contributed by atoms with Gasteiger partial charge in [-0.1, -0.05) is 35.9 Å². The molecule has 2 N–H and O–H groups in total. The largest absolute Gasteiger partial charge is 0.484 e. The first-order valence-corrected chi connectivity index (χ1v) is 16.1. The minimum atomic E-state index is -4.11. The number of nitrogens with zero attached hydrogens (tertiary/aromatic N) is 2. The van der Waals surface area contributed by atoms with Gasteiger partial charge in [0.2, 0.25) is 8.87 Å². The van der Waals surface area contributed by atoms with Gasteiger partial charge in [0, 0.05) is 12.1 Å². The van der Waals surface area contributed by atoms with Gasteiger partial charge in [-0.3, -0.25) is 19.7 Å². The summed E-state index contributed by atoms with van der Waals surface area (Å²) in [5.41, 5.74) is 1.06. The Kier molecular flexibility index (Phi) is 10.4. The number of aliphatic hydroxyl groups excluding tert-OH is 1. The minimum Gasteiger partial charge on any atom is -0.484 e. The van der Waals surface area contributed by atoms with Crippen molar-refractivity contribution < 1.29 is 42.3 Å². The SMILES string of the molecule is CC(=O)C(C(=O)OCc1ccc([N+](=O)[O-])cc1)N1C(O)C(NC(=O)COc2ccccc2)C1SS(=O)(=O)c1ccc(C)cc1. The third-order valence-corrected chi connectivity index (χ3v) is 10.4. The van der Waals surface area contributed by atoms with Crippen molar-refractivity contribution in [1.29, 1.82) is 0 Å². The van der Waals surface area contributed by atoms with Crippen molar-refractivity contribution >= 4 is 43.0 Å². The molecule has 1 aliphatic rings. The summed E-state index contributed by atoms with van der Waals surface area (Å²) in [4.78, 5) is 49.8. The lowest BCUT2D eigenvalue weighted by Crippen LogP contribution is -2.76. The van der Waals surface area contributed by atoms with Crippen LogP contribution in [-0.4, -0.2) is 71.3 Å². The van der Waals surface area contributed by atoms with Crippen LogP contribution >= 0.6 is 10.8 Å². The van der Waals surface area contributed by atoms with E-state index in [0.717, 1.165) is 17.4 Å². The molecule has 232 valence electrons. The van der Waals surface area contributed by atoms with Gasteiger partial charge in [-0.15, -0.1) is 0 Å². The number of carbonyl (C=O) groups excluding carboxylic acids is 3. The fourth-order valence-electron chi connectivity index (χ4n) is 4.35. The Bertz CT molecular complexity index is 1620. The third-order valence-electron chi connectivity index (χ3n) is 6.64. The van der Waals surface area contributed by atoms with Gasteiger partial charge < -0.3 is 19.9 Å². The number of nitrogens with one attached hydrogen (secondary N) is 1. The number of rotatable bonds is 13. The highest BCUT2D eigenvalue weighted by Gasteiger charge is 2.57. The molecular formula is C29H29N3O10S2. The normalized spacial score (nSPS) is 18.8. The molecule has 0 saturated carbocycles. The van der Waals surface area contributed by atoms with E-state index in [1.807, 2.05) is 0 Å². The molecule has 3 aromatic carbocycles. The third kappa shape index (κ3) is 7.79. The second-order valence-electron chi connectivity index (χ2n) is 9.85. The highest BCUT2D eigenvalue weighted by atomic mass is 33.1. The topological polar surface area (TPSA) is 182 Å². The fraction of sp³-hybridized carbons (Fsp3) is 0.276. The Morgan fingerprint density at radius 3 is 2.27 bits per heavy atom. The molecule has 1 fully saturated rings. The number of nitro groups is 1. The number of para-hydroxylation sites is 1. The van der Waals surface area contributed by atoms with E-state index in [2.05, 4.69) is 5.32 Å². The lowest BCUT2D eigenvalue weighted by molar-refractivity contribution is -0.384. The lowest BCUT2D eigenvalue weighted by atomic mass is 9.99. The molecule has 3 aromatic rings. The maximum absolute atomic E-state index is 13.4. The molecular weight excluding hydrogens is 614 g/mol. The molecule has 0 aromatic heterocycles. The average Bonchev–Trinajstić information content (AvgIpc) is 3.00. The molecule has 0 radical (unpaired) electrons. The van der Waals surface area contributed by atoms with E-state index in [0.29, 0.717) is 22.1 Å². The summed E-state index contributed by atoms with van der Waals surface area (Å²) >= 11 is 0. The van der Waals surface area contributed by atoms with E-state index in [4.69, 9.17) is 9.47 Å². The molecule has 44 heavy (non-hydrogen) atoms. The van der Waals surface area contributed by atoms with Crippen LogP contribution in [-0.2, 0) is 34.6 Å². The number of Topliss-reactive ketones (excluding diaryl/α,β-unsaturated/α-hetero) is 1. The van der Waals surface area contributed by atoms with Crippen molar-refractivity contribution in [3.8, 4) is 5.75 Å². The van der Waals surface area contributed by atoms with Crippen molar-refractivity contribution in [3.05, 3.63) is 100 Å². The quantitative estimate of drug-likeness (QED) is 0.0914. The van der Waals surface area contributed by atoms with Crippen LogP contribution in [0.4, 0.5) is 5.69 Å². The van der Waals surface area contributed by atoms with Gasteiger partial charge in [0.15, 0.2) is 18.4 Å². The van der Waals surface area contributed by atoms with E-state index in [1.165, 1.54) is 36.4 Å². The summed E-state index contributed by atoms with van der Waals surface area (Å²) in [6.45, 7) is 2.08. The smallest absolute Gasteiger partial charge is 0.331 e. The van der Waals surface area contributed by atoms with E-state index in [9.17, 15) is 38.0 Å². The number of carbonyl (C=O) groups is 3. The van der Waals surface area contributed by atoms with Gasteiger partial charge in [-0.05, 0) is 66.6 Å². The second kappa shape index (κ2) is 14.0. The van der Waals surface area contributed by atoms with Crippen LogP contribution in [0.15, 0.2) is 83.8 Å². The maximum Gasteiger partial charge on any atom is 0.331 e. The highest BCUT2D eigenvalue weighted by molar-refractivity contribution is 8.72. The molecule has 1 aliphatic heterocycles. The van der Waals surface area contributed by atoms with Crippen LogP contribution in [0.1, 0.15) is 18.1 Å². The molecule has 13 nitrogen and oxygen atoms in total. The molecule has 1 saturated heterocycles. The second-order valence-corrected chi connectivity index (χ2v) is 13.8. The molecule has 0 aliphatic carbocycles. The first kappa shape index (κ1) is 32.6. The van der Waals surface area contributed by atoms with Crippen LogP contribution in [0.5, 0.6) is 5.75 Å². The predicted molar refractivity (Wildman–Crippen MR) is 159 cm³/mol. The Morgan fingerprint density at radius 1 is 1.05 bits per heavy atom. The number of hydrogen-bond donors (Lipinski definition) is 2. The molecule has 4 unspecified atom stereocenters. The maximum atomic E-state index is 13.4. The summed E-state index contributed by atoms with van der Waals surface area (Å²) in [5, 5.41) is 23.2. The molecule has 4 atom stereocenters. The number of ether oxygens (including phenoxy) is 2. The molecule has 1 amide bonds. The Hall–Kier alpha value is -4.31. The minimum absolute atomic E-state index is 0.0490. The fourth-order valence-corrected chi connectivity index (χ4v) is 7.97. The monoisotopic (exact) mass is 643 g/mol. The number of likely N-dealkylation sites (tertiary alicyclic amines) is 1. The number of benzene rings is 3. The summed E-state index contributed by atoms with van der Waals surface area (Å²) in [6, 6.07) is 16.8. The summed E-state index contributed by atoms with van der Waals surface area (Å²) in [6.07, 6.45) is -1.64. The average molecular weight is 644 g/mol. The van der Waals surface area contributed by atoms with Gasteiger partial charge in [-0.25, -0.2) is 18.1 Å². The number of aliphatic hydroxyl groups is 1. The molecule has 1 heterocycles. The van der Waals surface area contributed by atoms with Crippen LogP contribution < -0.4 is 10.1 Å². The first-order valence-electron chi connectivity index (χ1n) is 13.2. The number of hydrogen-bond acceptors (Lipinski definition) is 12. The van der Waals surface area contributed by atoms with Gasteiger partial charge in [0.25, 0.3) is 11.6 Å². The Morgan fingerprint density at radius 2 is 1.68 bits per heavy atom.